The molecule has 3 aromatic heterocycles. The zero-order valence-corrected chi connectivity index (χ0v) is 19.0. The van der Waals surface area contributed by atoms with Crippen molar-refractivity contribution in [3.8, 4) is 29.1 Å². The van der Waals surface area contributed by atoms with E-state index in [4.69, 9.17) is 0 Å². The summed E-state index contributed by atoms with van der Waals surface area (Å²) in [5.41, 5.74) is 3.61. The number of rotatable bonds is 4. The Bertz CT molecular complexity index is 1690. The number of alkyl halides is 2. The van der Waals surface area contributed by atoms with Crippen LogP contribution in [0.5, 0.6) is 5.75 Å². The van der Waals surface area contributed by atoms with Crippen LogP contribution < -0.4 is 9.64 Å². The minimum Gasteiger partial charge on any atom is -0.435 e. The fraction of sp³-hybridized carbons (Fsp3) is 0.115. The van der Waals surface area contributed by atoms with Crippen molar-refractivity contribution in [2.24, 2.45) is 0 Å². The van der Waals surface area contributed by atoms with Gasteiger partial charge in [-0.3, -0.25) is 5.10 Å². The molecule has 0 saturated carbocycles. The van der Waals surface area contributed by atoms with E-state index in [1.54, 1.807) is 42.7 Å². The number of ether oxygens (including phenoxy) is 1. The number of halogens is 3. The third kappa shape index (κ3) is 4.64. The van der Waals surface area contributed by atoms with Crippen LogP contribution in [0.1, 0.15) is 22.4 Å². The number of aromatic nitrogens is 6. The van der Waals surface area contributed by atoms with Crippen LogP contribution in [0.2, 0.25) is 0 Å². The first-order chi connectivity index (χ1) is 18.0. The number of fused-ring (bicyclic) bond motifs is 2. The third-order valence-electron chi connectivity index (χ3n) is 5.77. The van der Waals surface area contributed by atoms with Gasteiger partial charge in [0.25, 0.3) is 0 Å². The van der Waals surface area contributed by atoms with Gasteiger partial charge in [0.2, 0.25) is 5.95 Å². The Hall–Kier alpha value is -4.98. The van der Waals surface area contributed by atoms with Crippen molar-refractivity contribution in [2.45, 2.75) is 19.7 Å². The van der Waals surface area contributed by atoms with E-state index in [-0.39, 0.29) is 5.75 Å². The fourth-order valence-corrected chi connectivity index (χ4v) is 4.09. The lowest BCUT2D eigenvalue weighted by molar-refractivity contribution is -0.0498. The molecule has 0 spiro atoms. The molecule has 1 aliphatic rings. The molecule has 5 aromatic rings. The van der Waals surface area contributed by atoms with Crippen molar-refractivity contribution in [3.05, 3.63) is 89.3 Å². The summed E-state index contributed by atoms with van der Waals surface area (Å²) in [7, 11) is 0. The van der Waals surface area contributed by atoms with Gasteiger partial charge in [-0.1, -0.05) is 12.0 Å². The van der Waals surface area contributed by atoms with Gasteiger partial charge in [0, 0.05) is 36.4 Å². The van der Waals surface area contributed by atoms with Gasteiger partial charge in [-0.05, 0) is 53.4 Å². The molecule has 0 fully saturated rings. The molecule has 0 saturated heterocycles. The van der Waals surface area contributed by atoms with E-state index >= 15 is 0 Å². The molecule has 0 atom stereocenters. The van der Waals surface area contributed by atoms with Gasteiger partial charge < -0.3 is 9.64 Å². The van der Waals surface area contributed by atoms with Gasteiger partial charge in [-0.25, -0.2) is 24.3 Å². The number of nitrogens with zero attached hydrogens (tertiary/aromatic N) is 6. The van der Waals surface area contributed by atoms with E-state index in [1.807, 2.05) is 4.90 Å². The van der Waals surface area contributed by atoms with E-state index in [2.05, 4.69) is 46.7 Å². The van der Waals surface area contributed by atoms with Gasteiger partial charge in [0.05, 0.1) is 6.20 Å². The van der Waals surface area contributed by atoms with Gasteiger partial charge in [0.1, 0.15) is 28.5 Å². The van der Waals surface area contributed by atoms with E-state index in [1.165, 1.54) is 18.3 Å². The molecular formula is C26H16F3N7O. The van der Waals surface area contributed by atoms with Gasteiger partial charge in [-0.2, -0.15) is 13.9 Å². The summed E-state index contributed by atoms with van der Waals surface area (Å²) in [5, 5.41) is 7.09. The minimum absolute atomic E-state index is 0.115. The maximum atomic E-state index is 14.2. The van der Waals surface area contributed by atoms with Crippen molar-refractivity contribution in [2.75, 3.05) is 4.90 Å². The van der Waals surface area contributed by atoms with Gasteiger partial charge in [-0.15, -0.1) is 0 Å². The van der Waals surface area contributed by atoms with Crippen molar-refractivity contribution in [1.29, 1.82) is 0 Å². The highest BCUT2D eigenvalue weighted by Crippen LogP contribution is 2.30. The Labute approximate surface area is 208 Å². The minimum atomic E-state index is -2.88. The van der Waals surface area contributed by atoms with Gasteiger partial charge in [0.15, 0.2) is 5.82 Å². The molecule has 2 aromatic carbocycles. The lowest BCUT2D eigenvalue weighted by Gasteiger charge is -2.15. The largest absolute Gasteiger partial charge is 0.435 e. The average molecular weight is 499 g/mol. The molecule has 0 bridgehead atoms. The maximum Gasteiger partial charge on any atom is 0.387 e. The Morgan fingerprint density at radius 2 is 1.81 bits per heavy atom. The molecule has 0 radical (unpaired) electrons. The topological polar surface area (TPSA) is 92.7 Å². The predicted molar refractivity (Wildman–Crippen MR) is 128 cm³/mol. The molecule has 8 nitrogen and oxygen atoms in total. The highest BCUT2D eigenvalue weighted by Gasteiger charge is 2.23. The Kier molecular flexibility index (Phi) is 5.61. The van der Waals surface area contributed by atoms with Crippen LogP contribution in [-0.4, -0.2) is 36.7 Å². The van der Waals surface area contributed by atoms with Crippen molar-refractivity contribution in [3.63, 3.8) is 0 Å². The van der Waals surface area contributed by atoms with Crippen LogP contribution in [-0.2, 0) is 13.1 Å². The second-order valence-corrected chi connectivity index (χ2v) is 8.21. The number of anilines is 1. The van der Waals surface area contributed by atoms with E-state index in [9.17, 15) is 13.2 Å². The molecule has 11 heteroatoms. The summed E-state index contributed by atoms with van der Waals surface area (Å²) in [6.45, 7) is -1.90. The number of H-pyrrole nitrogens is 1. The zero-order chi connectivity index (χ0) is 25.4. The Balaban J connectivity index is 1.23. The molecule has 182 valence electrons. The summed E-state index contributed by atoms with van der Waals surface area (Å²) >= 11 is 0. The zero-order valence-electron chi connectivity index (χ0n) is 19.0. The first-order valence-electron chi connectivity index (χ1n) is 11.1. The molecule has 0 aliphatic carbocycles. The van der Waals surface area contributed by atoms with E-state index < -0.39 is 12.4 Å². The monoisotopic (exact) mass is 499 g/mol. The highest BCUT2D eigenvalue weighted by atomic mass is 19.3. The maximum absolute atomic E-state index is 14.2. The SMILES string of the molecule is Fc1cc(C#Cc2ccnc(-c3ccnc(N4Cc5ccc(OC(F)F)cc5C4)n3)n2)cc2cn[nH]c12. The number of hydrogen-bond donors (Lipinski definition) is 1. The normalized spacial score (nSPS) is 12.5. The van der Waals surface area contributed by atoms with Crippen LogP contribution in [0.4, 0.5) is 19.1 Å². The van der Waals surface area contributed by atoms with E-state index in [0.29, 0.717) is 52.7 Å². The Morgan fingerprint density at radius 3 is 2.70 bits per heavy atom. The molecule has 0 amide bonds. The number of aromatic amines is 1. The van der Waals surface area contributed by atoms with Crippen molar-refractivity contribution >= 4 is 16.9 Å². The summed E-state index contributed by atoms with van der Waals surface area (Å²) in [6, 6.07) is 11.3. The number of hydrogen-bond acceptors (Lipinski definition) is 7. The van der Waals surface area contributed by atoms with E-state index in [0.717, 1.165) is 11.1 Å². The third-order valence-corrected chi connectivity index (χ3v) is 5.77. The summed E-state index contributed by atoms with van der Waals surface area (Å²) < 4.78 is 43.8. The quantitative estimate of drug-likeness (QED) is 0.365. The van der Waals surface area contributed by atoms with Crippen molar-refractivity contribution < 1.29 is 17.9 Å². The van der Waals surface area contributed by atoms with Crippen LogP contribution in [0.25, 0.3) is 22.4 Å². The molecule has 4 heterocycles. The lowest BCUT2D eigenvalue weighted by atomic mass is 10.1. The summed E-state index contributed by atoms with van der Waals surface area (Å²) in [6.07, 6.45) is 4.72. The predicted octanol–water partition coefficient (Wildman–Crippen LogP) is 4.47. The fourth-order valence-electron chi connectivity index (χ4n) is 4.09. The summed E-state index contributed by atoms with van der Waals surface area (Å²) in [5.74, 6) is 6.36. The first-order valence-corrected chi connectivity index (χ1v) is 11.1. The second kappa shape index (κ2) is 9.23. The standard InChI is InChI=1S/C26H16F3N7O/c27-21-10-15(9-17-12-32-35-23(17)21)1-3-19-5-7-30-24(33-19)22-6-8-31-26(34-22)36-13-16-2-4-20(37-25(28)29)11-18(16)14-36/h2,4-12,25H,13-14H2,(H,32,35). The molecule has 6 rings (SSSR count). The molecular weight excluding hydrogens is 483 g/mol. The first kappa shape index (κ1) is 22.5. The number of nitrogens with one attached hydrogen (secondary N) is 1. The molecule has 0 unspecified atom stereocenters. The Morgan fingerprint density at radius 1 is 0.946 bits per heavy atom. The average Bonchev–Trinajstić information content (AvgIpc) is 3.55. The molecule has 37 heavy (non-hydrogen) atoms. The van der Waals surface area contributed by atoms with Gasteiger partial charge >= 0.3 is 6.61 Å². The van der Waals surface area contributed by atoms with Crippen LogP contribution >= 0.6 is 0 Å². The van der Waals surface area contributed by atoms with Crippen LogP contribution in [0.15, 0.2) is 61.1 Å². The summed E-state index contributed by atoms with van der Waals surface area (Å²) in [4.78, 5) is 19.7. The number of benzene rings is 2. The lowest BCUT2D eigenvalue weighted by Crippen LogP contribution is -2.17. The van der Waals surface area contributed by atoms with Crippen molar-refractivity contribution in [1.82, 2.24) is 30.1 Å². The van der Waals surface area contributed by atoms with Crippen LogP contribution in [0.3, 0.4) is 0 Å². The highest BCUT2D eigenvalue weighted by molar-refractivity contribution is 5.80. The second-order valence-electron chi connectivity index (χ2n) is 8.21. The smallest absolute Gasteiger partial charge is 0.387 e. The molecule has 1 aliphatic heterocycles. The van der Waals surface area contributed by atoms with Crippen LogP contribution in [0, 0.1) is 17.7 Å². The molecule has 1 N–H and O–H groups in total.